The van der Waals surface area contributed by atoms with Crippen molar-refractivity contribution in [2.75, 3.05) is 33.0 Å². The predicted octanol–water partition coefficient (Wildman–Crippen LogP) is 7.20. The zero-order chi connectivity index (χ0) is 40.0. The highest BCUT2D eigenvalue weighted by Crippen LogP contribution is 2.42. The summed E-state index contributed by atoms with van der Waals surface area (Å²) in [5, 5.41) is 0. The number of carbonyl (C=O) groups excluding carboxylic acids is 2. The molecule has 2 aliphatic heterocycles. The van der Waals surface area contributed by atoms with Gasteiger partial charge in [-0.15, -0.1) is 19.7 Å². The van der Waals surface area contributed by atoms with E-state index in [0.29, 0.717) is 36.9 Å². The van der Waals surface area contributed by atoms with E-state index in [2.05, 4.69) is 19.7 Å². The van der Waals surface area contributed by atoms with E-state index in [-0.39, 0.29) is 26.4 Å². The van der Waals surface area contributed by atoms with Crippen molar-refractivity contribution in [3.05, 3.63) is 181 Å². The number of amides is 2. The number of hydrogen-bond donors (Lipinski definition) is 1. The number of rotatable bonds is 22. The largest absolute Gasteiger partial charge is 0.369 e. The van der Waals surface area contributed by atoms with Crippen LogP contribution in [-0.4, -0.2) is 86.6 Å². The number of unbranched alkanes of at least 4 members (excludes halogenated alkanes) is 1. The Kier molecular flexibility index (Phi) is 14.9. The molecule has 0 aromatic heterocycles. The van der Waals surface area contributed by atoms with Crippen LogP contribution in [0, 0.1) is 0 Å². The Morgan fingerprint density at radius 2 is 1.11 bits per heavy atom. The van der Waals surface area contributed by atoms with Gasteiger partial charge in [0.1, 0.15) is 36.2 Å². The average molecular weight is 773 g/mol. The van der Waals surface area contributed by atoms with E-state index in [1.165, 1.54) is 4.90 Å². The quantitative estimate of drug-likeness (QED) is 0.0383. The Morgan fingerprint density at radius 3 is 1.58 bits per heavy atom. The molecule has 0 aliphatic carbocycles. The molecule has 298 valence electrons. The summed E-state index contributed by atoms with van der Waals surface area (Å²) in [6.07, 6.45) is 1.02. The lowest BCUT2D eigenvalue weighted by Crippen LogP contribution is -2.63. The smallest absolute Gasteiger partial charge is 0.263 e. The van der Waals surface area contributed by atoms with Gasteiger partial charge in [0, 0.05) is 0 Å². The van der Waals surface area contributed by atoms with Crippen LogP contribution in [0.15, 0.2) is 153 Å². The highest BCUT2D eigenvalue weighted by Gasteiger charge is 2.52. The molecule has 6 atom stereocenters. The van der Waals surface area contributed by atoms with Gasteiger partial charge in [-0.05, 0) is 54.6 Å². The molecule has 10 heteroatoms. The van der Waals surface area contributed by atoms with E-state index < -0.39 is 54.3 Å². The van der Waals surface area contributed by atoms with Crippen molar-refractivity contribution in [3.8, 4) is 0 Å². The number of ether oxygens (including phenoxy) is 6. The summed E-state index contributed by atoms with van der Waals surface area (Å²) in [7, 11) is 0. The summed E-state index contributed by atoms with van der Waals surface area (Å²) in [4.78, 5) is 28.9. The molecule has 2 aliphatic rings. The van der Waals surface area contributed by atoms with Crippen LogP contribution < -0.4 is 5.73 Å². The summed E-state index contributed by atoms with van der Waals surface area (Å²) in [5.41, 5.74) is 8.16. The van der Waals surface area contributed by atoms with E-state index in [1.54, 1.807) is 42.5 Å². The number of nitrogens with two attached hydrogens (primary N) is 1. The van der Waals surface area contributed by atoms with E-state index in [4.69, 9.17) is 34.2 Å². The topological polar surface area (TPSA) is 119 Å². The van der Waals surface area contributed by atoms with Gasteiger partial charge in [-0.2, -0.15) is 0 Å². The highest BCUT2D eigenvalue weighted by molar-refractivity contribution is 6.21. The van der Waals surface area contributed by atoms with Crippen LogP contribution in [0.4, 0.5) is 0 Å². The molecule has 0 spiro atoms. The Hall–Kier alpha value is -5.04. The third-order valence-electron chi connectivity index (χ3n) is 10.1. The summed E-state index contributed by atoms with van der Waals surface area (Å²) in [6.45, 7) is 12.5. The molecule has 1 saturated heterocycles. The normalized spacial score (nSPS) is 21.2. The second-order valence-corrected chi connectivity index (χ2v) is 13.8. The molecular weight excluding hydrogens is 721 g/mol. The molecule has 0 bridgehead atoms. The van der Waals surface area contributed by atoms with Crippen molar-refractivity contribution in [2.45, 2.75) is 61.8 Å². The molecule has 1 fully saturated rings. The first-order chi connectivity index (χ1) is 28.0. The number of fused-ring (bicyclic) bond motifs is 1. The van der Waals surface area contributed by atoms with Crippen molar-refractivity contribution < 1.29 is 38.0 Å². The number of nitrogens with zero attached hydrogens (tertiary/aromatic N) is 1. The van der Waals surface area contributed by atoms with Gasteiger partial charge in [-0.3, -0.25) is 9.59 Å². The summed E-state index contributed by atoms with van der Waals surface area (Å²) in [6, 6.07) is 36.9. The molecule has 0 saturated carbocycles. The Balaban J connectivity index is 1.42. The van der Waals surface area contributed by atoms with Gasteiger partial charge < -0.3 is 34.2 Å². The Bertz CT molecular complexity index is 1790. The van der Waals surface area contributed by atoms with Crippen molar-refractivity contribution >= 4 is 11.8 Å². The van der Waals surface area contributed by atoms with Crippen LogP contribution in [0.3, 0.4) is 0 Å². The molecule has 57 heavy (non-hydrogen) atoms. The van der Waals surface area contributed by atoms with Gasteiger partial charge in [0.2, 0.25) is 0 Å². The maximum absolute atomic E-state index is 13.9. The fourth-order valence-corrected chi connectivity index (χ4v) is 7.55. The van der Waals surface area contributed by atoms with E-state index >= 15 is 0 Å². The van der Waals surface area contributed by atoms with E-state index in [1.807, 2.05) is 91.0 Å². The summed E-state index contributed by atoms with van der Waals surface area (Å²) in [5.74, 6) is -0.893. The average Bonchev–Trinajstić information content (AvgIpc) is 3.51. The molecule has 1 unspecified atom stereocenters. The maximum Gasteiger partial charge on any atom is 0.263 e. The maximum atomic E-state index is 13.9. The number of benzene rings is 4. The van der Waals surface area contributed by atoms with E-state index in [9.17, 15) is 9.59 Å². The predicted molar refractivity (Wildman–Crippen MR) is 218 cm³/mol. The first kappa shape index (κ1) is 41.6. The van der Waals surface area contributed by atoms with Gasteiger partial charge in [0.15, 0.2) is 6.29 Å². The second kappa shape index (κ2) is 20.4. The summed E-state index contributed by atoms with van der Waals surface area (Å²) < 4.78 is 40.3. The van der Waals surface area contributed by atoms with Crippen LogP contribution in [0.1, 0.15) is 56.7 Å². The molecular formula is C47H52N2O8. The standard InChI is InChI=1S/C47H52N2O8/c1-4-30-52-41-39(33-55-47(34-20-10-7-11-21-34,35-22-12-8-13-23-35)36-24-14-9-15-25-36)56-46(43(54-32-6-3)42(41)53-31-5-2)57-40(28-18-19-29-48)49-44(50)37-26-16-17-27-38(37)45(49)51/h4-17,20-27,39-43,46H,1-3,18-19,28-33,48H2/t39-,40?,41+,42+,43-,46+/m1/s1. The van der Waals surface area contributed by atoms with Crippen LogP contribution in [0.2, 0.25) is 0 Å². The van der Waals surface area contributed by atoms with Gasteiger partial charge in [-0.25, -0.2) is 4.90 Å². The van der Waals surface area contributed by atoms with Gasteiger partial charge in [0.05, 0.1) is 37.6 Å². The van der Waals surface area contributed by atoms with Gasteiger partial charge >= 0.3 is 0 Å². The minimum absolute atomic E-state index is 0.00661. The minimum Gasteiger partial charge on any atom is -0.369 e. The Labute approximate surface area is 335 Å². The van der Waals surface area contributed by atoms with Gasteiger partial charge in [-0.1, -0.05) is 121 Å². The monoisotopic (exact) mass is 772 g/mol. The fourth-order valence-electron chi connectivity index (χ4n) is 7.55. The van der Waals surface area contributed by atoms with Crippen LogP contribution in [0.5, 0.6) is 0 Å². The SMILES string of the molecule is C=CCO[C@H]1[C@@H](OCC=C)[C@@H](COC(c2ccccc2)(c2ccccc2)c2ccccc2)O[C@@H](OC(CCCCN)N2C(=O)c3ccccc3C2=O)[C@@H]1OCC=C. The third kappa shape index (κ3) is 9.24. The van der Waals surface area contributed by atoms with Crippen LogP contribution in [0.25, 0.3) is 0 Å². The molecule has 2 amide bonds. The number of hydrogen-bond acceptors (Lipinski definition) is 9. The lowest BCUT2D eigenvalue weighted by Gasteiger charge is -2.47. The number of imide groups is 1. The van der Waals surface area contributed by atoms with E-state index in [0.717, 1.165) is 16.7 Å². The Morgan fingerprint density at radius 1 is 0.649 bits per heavy atom. The van der Waals surface area contributed by atoms with Crippen molar-refractivity contribution in [2.24, 2.45) is 5.73 Å². The number of carbonyl (C=O) groups is 2. The lowest BCUT2D eigenvalue weighted by atomic mass is 9.80. The lowest BCUT2D eigenvalue weighted by molar-refractivity contribution is -0.336. The minimum atomic E-state index is -1.16. The van der Waals surface area contributed by atoms with Crippen molar-refractivity contribution in [1.29, 1.82) is 0 Å². The van der Waals surface area contributed by atoms with Crippen molar-refractivity contribution in [3.63, 3.8) is 0 Å². The molecule has 10 nitrogen and oxygen atoms in total. The van der Waals surface area contributed by atoms with Crippen molar-refractivity contribution in [1.82, 2.24) is 4.90 Å². The third-order valence-corrected chi connectivity index (χ3v) is 10.1. The molecule has 2 heterocycles. The van der Waals surface area contributed by atoms with Gasteiger partial charge in [0.25, 0.3) is 11.8 Å². The molecule has 4 aromatic rings. The molecule has 2 N–H and O–H groups in total. The molecule has 0 radical (unpaired) electrons. The fraction of sp³-hybridized carbons (Fsp3) is 0.319. The second-order valence-electron chi connectivity index (χ2n) is 13.8. The molecule has 4 aromatic carbocycles. The van der Waals surface area contributed by atoms with Crippen LogP contribution >= 0.6 is 0 Å². The first-order valence-electron chi connectivity index (χ1n) is 19.4. The zero-order valence-corrected chi connectivity index (χ0v) is 32.2. The summed E-state index contributed by atoms with van der Waals surface area (Å²) >= 11 is 0. The zero-order valence-electron chi connectivity index (χ0n) is 32.2. The highest BCUT2D eigenvalue weighted by atomic mass is 16.7. The molecule has 6 rings (SSSR count). The van der Waals surface area contributed by atoms with Crippen LogP contribution in [-0.2, 0) is 34.0 Å². The first-order valence-corrected chi connectivity index (χ1v) is 19.4.